The van der Waals surface area contributed by atoms with E-state index in [9.17, 15) is 5.11 Å². The van der Waals surface area contributed by atoms with Gasteiger partial charge in [0.2, 0.25) is 0 Å². The maximum absolute atomic E-state index is 9.30. The molecule has 4 rings (SSSR count). The van der Waals surface area contributed by atoms with Gasteiger partial charge in [-0.3, -0.25) is 4.57 Å². The van der Waals surface area contributed by atoms with Crippen LogP contribution in [-0.2, 0) is 6.61 Å². The number of aromatic nitrogens is 4. The number of aliphatic hydroxyl groups is 1. The van der Waals surface area contributed by atoms with Crippen LogP contribution in [0.2, 0.25) is 0 Å². The van der Waals surface area contributed by atoms with Crippen molar-refractivity contribution >= 4 is 23.1 Å². The Hall–Kier alpha value is -3.51. The van der Waals surface area contributed by atoms with Crippen LogP contribution in [0.15, 0.2) is 61.3 Å². The van der Waals surface area contributed by atoms with Crippen LogP contribution in [0.3, 0.4) is 0 Å². The van der Waals surface area contributed by atoms with Crippen molar-refractivity contribution in [2.45, 2.75) is 6.61 Å². The second-order valence-electron chi connectivity index (χ2n) is 5.81. The molecule has 4 aromatic rings. The van der Waals surface area contributed by atoms with E-state index in [1.54, 1.807) is 12.3 Å². The number of rotatable bonds is 4. The highest BCUT2D eigenvalue weighted by atomic mass is 16.3. The molecule has 0 unspecified atom stereocenters. The highest BCUT2D eigenvalue weighted by Crippen LogP contribution is 2.30. The first-order chi connectivity index (χ1) is 12.7. The van der Waals surface area contributed by atoms with Gasteiger partial charge in [0.15, 0.2) is 11.5 Å². The molecule has 0 saturated heterocycles. The molecule has 0 aliphatic heterocycles. The fourth-order valence-electron chi connectivity index (χ4n) is 2.87. The molecule has 0 saturated carbocycles. The van der Waals surface area contributed by atoms with Gasteiger partial charge in [-0.25, -0.2) is 15.0 Å². The van der Waals surface area contributed by atoms with Gasteiger partial charge in [-0.15, -0.1) is 0 Å². The topological polar surface area (TPSA) is 89.8 Å². The summed E-state index contributed by atoms with van der Waals surface area (Å²) < 4.78 is 1.94. The summed E-state index contributed by atoms with van der Waals surface area (Å²) in [6.45, 7) is 3.78. The molecule has 26 heavy (non-hydrogen) atoms. The third-order valence-corrected chi connectivity index (χ3v) is 4.19. The fraction of sp³-hybridized carbons (Fsp3) is 0.0500. The Balaban J connectivity index is 2.04. The lowest BCUT2D eigenvalue weighted by Crippen LogP contribution is -2.02. The molecule has 0 fully saturated rings. The van der Waals surface area contributed by atoms with E-state index in [1.807, 2.05) is 53.1 Å². The Kier molecular flexibility index (Phi) is 3.95. The first kappa shape index (κ1) is 16.0. The Morgan fingerprint density at radius 2 is 1.88 bits per heavy atom. The number of pyridine rings is 2. The molecule has 0 aliphatic carbocycles. The third-order valence-electron chi connectivity index (χ3n) is 4.19. The predicted octanol–water partition coefficient (Wildman–Crippen LogP) is 3.20. The van der Waals surface area contributed by atoms with Crippen molar-refractivity contribution in [3.05, 3.63) is 72.6 Å². The van der Waals surface area contributed by atoms with Crippen LogP contribution in [0.5, 0.6) is 0 Å². The molecule has 6 nitrogen and oxygen atoms in total. The second kappa shape index (κ2) is 6.42. The van der Waals surface area contributed by atoms with Gasteiger partial charge >= 0.3 is 0 Å². The first-order valence-electron chi connectivity index (χ1n) is 8.14. The van der Waals surface area contributed by atoms with Crippen LogP contribution in [0.1, 0.15) is 11.3 Å². The van der Waals surface area contributed by atoms with Gasteiger partial charge in [-0.2, -0.15) is 0 Å². The van der Waals surface area contributed by atoms with E-state index in [0.29, 0.717) is 17.3 Å². The number of benzene rings is 1. The molecular formula is C20H17N5O. The van der Waals surface area contributed by atoms with Crippen molar-refractivity contribution < 1.29 is 5.11 Å². The van der Waals surface area contributed by atoms with E-state index in [2.05, 4.69) is 16.5 Å². The number of fused-ring (bicyclic) bond motifs is 1. The van der Waals surface area contributed by atoms with Gasteiger partial charge < -0.3 is 10.8 Å². The van der Waals surface area contributed by atoms with Crippen molar-refractivity contribution in [1.82, 2.24) is 19.5 Å². The molecule has 0 bridgehead atoms. The van der Waals surface area contributed by atoms with Crippen molar-refractivity contribution in [3.63, 3.8) is 0 Å². The van der Waals surface area contributed by atoms with Crippen LogP contribution in [0.25, 0.3) is 34.3 Å². The summed E-state index contributed by atoms with van der Waals surface area (Å²) in [4.78, 5) is 13.6. The van der Waals surface area contributed by atoms with Crippen molar-refractivity contribution in [3.8, 4) is 17.1 Å². The van der Waals surface area contributed by atoms with Crippen molar-refractivity contribution in [2.75, 3.05) is 5.73 Å². The average Bonchev–Trinajstić information content (AvgIpc) is 3.06. The number of aliphatic hydroxyl groups excluding tert-OH is 1. The molecule has 6 heteroatoms. The summed E-state index contributed by atoms with van der Waals surface area (Å²) in [6.07, 6.45) is 3.35. The number of imidazole rings is 1. The molecule has 0 amide bonds. The summed E-state index contributed by atoms with van der Waals surface area (Å²) in [5, 5.41) is 9.30. The summed E-state index contributed by atoms with van der Waals surface area (Å²) in [7, 11) is 0. The van der Waals surface area contributed by atoms with E-state index in [1.165, 1.54) is 0 Å². The van der Waals surface area contributed by atoms with Gasteiger partial charge in [0.1, 0.15) is 11.3 Å². The number of hydrogen-bond acceptors (Lipinski definition) is 5. The predicted molar refractivity (Wildman–Crippen MR) is 103 cm³/mol. The maximum Gasteiger partial charge on any atom is 0.165 e. The number of nitrogens with zero attached hydrogens (tertiary/aromatic N) is 4. The van der Waals surface area contributed by atoms with Crippen LogP contribution >= 0.6 is 0 Å². The quantitative estimate of drug-likeness (QED) is 0.594. The standard InChI is InChI=1S/C20H17N5O/c1-2-14-7-10-17-20(23-14)25(15-8-5-13(12-26)6-9-15)19(24-17)16-4-3-11-22-18(16)21/h2-11,26H,1,12H2,(H2,21,22). The monoisotopic (exact) mass is 343 g/mol. The van der Waals surface area contributed by atoms with Crippen molar-refractivity contribution in [1.29, 1.82) is 0 Å². The van der Waals surface area contributed by atoms with E-state index in [-0.39, 0.29) is 6.61 Å². The molecule has 0 radical (unpaired) electrons. The lowest BCUT2D eigenvalue weighted by molar-refractivity contribution is 0.282. The molecular weight excluding hydrogens is 326 g/mol. The van der Waals surface area contributed by atoms with Crippen LogP contribution in [0, 0.1) is 0 Å². The van der Waals surface area contributed by atoms with E-state index < -0.39 is 0 Å². The van der Waals surface area contributed by atoms with Gasteiger partial charge in [0, 0.05) is 11.9 Å². The SMILES string of the molecule is C=Cc1ccc2nc(-c3cccnc3N)n(-c3ccc(CO)cc3)c2n1. The zero-order valence-electron chi connectivity index (χ0n) is 14.0. The molecule has 0 spiro atoms. The molecule has 3 N–H and O–H groups in total. The van der Waals surface area contributed by atoms with Gasteiger partial charge in [-0.1, -0.05) is 18.7 Å². The fourth-order valence-corrected chi connectivity index (χ4v) is 2.87. The molecule has 3 heterocycles. The summed E-state index contributed by atoms with van der Waals surface area (Å²) >= 11 is 0. The van der Waals surface area contributed by atoms with Crippen LogP contribution in [0.4, 0.5) is 5.82 Å². The van der Waals surface area contributed by atoms with Gasteiger partial charge in [0.25, 0.3) is 0 Å². The number of nitrogens with two attached hydrogens (primary N) is 1. The Morgan fingerprint density at radius 1 is 1.08 bits per heavy atom. The lowest BCUT2D eigenvalue weighted by atomic mass is 10.2. The summed E-state index contributed by atoms with van der Waals surface area (Å²) in [5.41, 5.74) is 10.7. The Morgan fingerprint density at radius 3 is 2.58 bits per heavy atom. The van der Waals surface area contributed by atoms with E-state index >= 15 is 0 Å². The van der Waals surface area contributed by atoms with Gasteiger partial charge in [0.05, 0.1) is 17.9 Å². The summed E-state index contributed by atoms with van der Waals surface area (Å²) in [6, 6.07) is 15.1. The van der Waals surface area contributed by atoms with Crippen LogP contribution in [-0.4, -0.2) is 24.6 Å². The number of nitrogen functional groups attached to an aromatic ring is 1. The maximum atomic E-state index is 9.30. The Bertz CT molecular complexity index is 1100. The molecule has 128 valence electrons. The van der Waals surface area contributed by atoms with Crippen LogP contribution < -0.4 is 5.73 Å². The number of anilines is 1. The van der Waals surface area contributed by atoms with Gasteiger partial charge in [-0.05, 0) is 48.0 Å². The number of hydrogen-bond donors (Lipinski definition) is 2. The Labute approximate surface area is 150 Å². The minimum absolute atomic E-state index is 0.00771. The average molecular weight is 343 g/mol. The molecule has 0 aliphatic rings. The van der Waals surface area contributed by atoms with Crippen molar-refractivity contribution in [2.24, 2.45) is 0 Å². The smallest absolute Gasteiger partial charge is 0.165 e. The highest BCUT2D eigenvalue weighted by Gasteiger charge is 2.17. The third kappa shape index (κ3) is 2.62. The largest absolute Gasteiger partial charge is 0.392 e. The summed E-state index contributed by atoms with van der Waals surface area (Å²) in [5.74, 6) is 1.07. The normalized spacial score (nSPS) is 11.0. The zero-order valence-corrected chi connectivity index (χ0v) is 14.0. The van der Waals surface area contributed by atoms with E-state index in [0.717, 1.165) is 28.0 Å². The molecule has 0 atom stereocenters. The zero-order chi connectivity index (χ0) is 18.1. The molecule has 1 aromatic carbocycles. The lowest BCUT2D eigenvalue weighted by Gasteiger charge is -2.10. The molecule has 3 aromatic heterocycles. The minimum Gasteiger partial charge on any atom is -0.392 e. The minimum atomic E-state index is -0.00771. The second-order valence-corrected chi connectivity index (χ2v) is 5.81. The highest BCUT2D eigenvalue weighted by molar-refractivity contribution is 5.83. The van der Waals surface area contributed by atoms with E-state index in [4.69, 9.17) is 10.7 Å². The first-order valence-corrected chi connectivity index (χ1v) is 8.14.